The number of nitriles is 2. The summed E-state index contributed by atoms with van der Waals surface area (Å²) in [4.78, 5) is 76.4. The molecule has 4 unspecified atom stereocenters. The van der Waals surface area contributed by atoms with Gasteiger partial charge in [0, 0.05) is 23.9 Å². The molecule has 0 saturated carbocycles. The number of nitrogens with zero attached hydrogens (tertiary/aromatic N) is 9. The van der Waals surface area contributed by atoms with Gasteiger partial charge in [-0.3, -0.25) is 48.9 Å². The highest BCUT2D eigenvalue weighted by Crippen LogP contribution is 2.52. The molecule has 27 nitrogen and oxygen atoms in total. The molecule has 6 heterocycles. The van der Waals surface area contributed by atoms with Crippen LogP contribution in [0.15, 0.2) is 22.2 Å². The van der Waals surface area contributed by atoms with Crippen molar-refractivity contribution in [3.8, 4) is 12.1 Å². The standard InChI is InChI=1S/C52H87N15O12P2SSi2/c1-29(2)43(68)60-49-58-41-37(45(70)62-49)56-27-65(41)47-39(78-83(15,16)51(9,10)11)35(55)33(76-47)26-75-81(82,74-24-20-22-54)64-36-34(25-73-80(72-23-19-21-53)67(31(5)6)32(7)8)77-48(40(36)79-84(17,18)52(12,13)14)66-28-57-38-42(66)59-50(63-46(38)71)61-44(69)30(3)4/h27-36,39-40,47-48H,19-20,23-26,55H2,1-18H3,(H,64,82)(H2,58,60,62,68,70)(H2,59,61,63,69,71)/t33-,34-,35-,36-,39?,40?,47-,48-,80?,81?/m1/s1. The number of carbonyl (C=O) groups excluding carboxylic acids is 2. The number of nitrogens with two attached hydrogens (primary N) is 1. The van der Waals surface area contributed by atoms with Crippen molar-refractivity contribution < 1.29 is 46.0 Å². The van der Waals surface area contributed by atoms with Crippen LogP contribution < -0.4 is 32.6 Å². The number of rotatable bonds is 27. The van der Waals surface area contributed by atoms with E-state index >= 15 is 0 Å². The Hall–Kier alpha value is -4.31. The molecule has 0 aromatic carbocycles. The van der Waals surface area contributed by atoms with Crippen LogP contribution in [0.25, 0.3) is 22.3 Å². The Bertz CT molecular complexity index is 3200. The molecule has 10 atom stereocenters. The number of carbonyl (C=O) groups is 2. The number of H-pyrrole nitrogens is 2. The third kappa shape index (κ3) is 16.1. The van der Waals surface area contributed by atoms with Crippen LogP contribution >= 0.6 is 15.2 Å². The molecule has 7 N–H and O–H groups in total. The molecular weight excluding hydrogens is 1180 g/mol. The quantitative estimate of drug-likeness (QED) is 0.0188. The van der Waals surface area contributed by atoms with Crippen LogP contribution in [0, 0.1) is 34.5 Å². The summed E-state index contributed by atoms with van der Waals surface area (Å²) >= 11 is 6.50. The lowest BCUT2D eigenvalue weighted by atomic mass is 10.1. The monoisotopic (exact) mass is 1260 g/mol. The van der Waals surface area contributed by atoms with Crippen LogP contribution in [0.3, 0.4) is 0 Å². The van der Waals surface area contributed by atoms with E-state index in [-0.39, 0.29) is 107 Å². The van der Waals surface area contributed by atoms with Crippen molar-refractivity contribution in [2.75, 3.05) is 37.1 Å². The highest BCUT2D eigenvalue weighted by molar-refractivity contribution is 8.09. The molecule has 0 radical (unpaired) electrons. The van der Waals surface area contributed by atoms with Gasteiger partial charge in [-0.25, -0.2) is 19.7 Å². The number of aromatic amines is 2. The minimum absolute atomic E-state index is 0.0109. The predicted molar refractivity (Wildman–Crippen MR) is 328 cm³/mol. The van der Waals surface area contributed by atoms with E-state index in [1.807, 2.05) is 27.7 Å². The summed E-state index contributed by atoms with van der Waals surface area (Å²) in [7, 11) is -7.33. The number of nitrogens with one attached hydrogen (secondary N) is 5. The lowest BCUT2D eigenvalue weighted by Crippen LogP contribution is -2.53. The van der Waals surface area contributed by atoms with Gasteiger partial charge in [0.1, 0.15) is 24.4 Å². The van der Waals surface area contributed by atoms with E-state index in [1.165, 1.54) is 12.7 Å². The molecule has 2 amide bonds. The number of ether oxygens (including phenoxy) is 2. The fraction of sp³-hybridized carbons (Fsp3) is 0.731. The number of amides is 2. The van der Waals surface area contributed by atoms with Crippen molar-refractivity contribution in [2.24, 2.45) is 17.6 Å². The number of aromatic nitrogens is 8. The third-order valence-corrected chi connectivity index (χ3v) is 29.0. The number of fused-ring (bicyclic) bond motifs is 2. The van der Waals surface area contributed by atoms with Gasteiger partial charge in [0.2, 0.25) is 23.7 Å². The van der Waals surface area contributed by atoms with Gasteiger partial charge in [-0.2, -0.15) is 20.5 Å². The Kier molecular flexibility index (Phi) is 22.8. The highest BCUT2D eigenvalue weighted by atomic mass is 32.5. The van der Waals surface area contributed by atoms with Crippen molar-refractivity contribution in [2.45, 2.75) is 207 Å². The number of hydrogen-bond donors (Lipinski definition) is 6. The van der Waals surface area contributed by atoms with Gasteiger partial charge in [0.15, 0.2) is 51.4 Å². The average Bonchev–Trinajstić information content (AvgIpc) is 1.90. The summed E-state index contributed by atoms with van der Waals surface area (Å²) < 4.78 is 60.3. The molecule has 2 fully saturated rings. The second kappa shape index (κ2) is 27.8. The molecule has 32 heteroatoms. The lowest BCUT2D eigenvalue weighted by Gasteiger charge is -2.41. The Morgan fingerprint density at radius 3 is 1.65 bits per heavy atom. The topological polar surface area (TPSA) is 348 Å². The fourth-order valence-electron chi connectivity index (χ4n) is 8.67. The van der Waals surface area contributed by atoms with E-state index in [0.717, 1.165) is 0 Å². The van der Waals surface area contributed by atoms with Gasteiger partial charge in [-0.15, -0.1) is 0 Å². The minimum atomic E-state index is -3.88. The summed E-state index contributed by atoms with van der Waals surface area (Å²) in [6, 6.07) is 2.32. The van der Waals surface area contributed by atoms with Crippen molar-refractivity contribution in [1.29, 1.82) is 10.5 Å². The molecule has 0 aliphatic carbocycles. The first-order chi connectivity index (χ1) is 39.0. The van der Waals surface area contributed by atoms with Crippen LogP contribution in [-0.4, -0.2) is 147 Å². The van der Waals surface area contributed by atoms with Gasteiger partial charge in [-0.1, -0.05) is 69.2 Å². The summed E-state index contributed by atoms with van der Waals surface area (Å²) in [5, 5.41) is 27.6. The molecule has 4 aromatic heterocycles. The zero-order chi connectivity index (χ0) is 62.6. The fourth-order valence-corrected chi connectivity index (χ4v) is 15.2. The highest BCUT2D eigenvalue weighted by Gasteiger charge is 2.55. The zero-order valence-corrected chi connectivity index (χ0v) is 56.2. The number of hydrogen-bond acceptors (Lipinski definition) is 21. The predicted octanol–water partition coefficient (Wildman–Crippen LogP) is 7.77. The van der Waals surface area contributed by atoms with E-state index < -0.39 is 104 Å². The second-order valence-corrected chi connectivity index (χ2v) is 39.4. The molecule has 6 rings (SSSR count). The smallest absolute Gasteiger partial charge is 0.280 e. The molecular formula is C52H87N15O12P2SSi2. The van der Waals surface area contributed by atoms with Gasteiger partial charge >= 0.3 is 0 Å². The normalized spacial score (nSPS) is 22.8. The van der Waals surface area contributed by atoms with Crippen molar-refractivity contribution in [3.63, 3.8) is 0 Å². The van der Waals surface area contributed by atoms with Crippen LogP contribution in [0.1, 0.15) is 122 Å². The molecule has 4 aromatic rings. The lowest BCUT2D eigenvalue weighted by molar-refractivity contribution is -0.119. The number of anilines is 2. The van der Waals surface area contributed by atoms with E-state index in [4.69, 9.17) is 58.9 Å². The maximum atomic E-state index is 13.7. The van der Waals surface area contributed by atoms with Crippen LogP contribution in [0.4, 0.5) is 11.9 Å². The average molecular weight is 1260 g/mol. The Balaban J connectivity index is 1.48. The summed E-state index contributed by atoms with van der Waals surface area (Å²) in [5.74, 6) is -1.77. The Morgan fingerprint density at radius 1 is 0.750 bits per heavy atom. The summed E-state index contributed by atoms with van der Waals surface area (Å²) in [6.45, 7) is 31.4. The summed E-state index contributed by atoms with van der Waals surface area (Å²) in [5.41, 5.74) is 6.19. The first-order valence-electron chi connectivity index (χ1n) is 28.3. The van der Waals surface area contributed by atoms with Gasteiger partial charge in [0.05, 0.1) is 76.1 Å². The Labute approximate surface area is 500 Å². The molecule has 2 aliphatic heterocycles. The van der Waals surface area contributed by atoms with E-state index in [0.29, 0.717) is 0 Å². The van der Waals surface area contributed by atoms with Gasteiger partial charge in [-0.05, 0) is 75.8 Å². The van der Waals surface area contributed by atoms with Crippen molar-refractivity contribution in [1.82, 2.24) is 48.8 Å². The zero-order valence-electron chi connectivity index (χ0n) is 51.6. The Morgan fingerprint density at radius 2 is 1.20 bits per heavy atom. The van der Waals surface area contributed by atoms with E-state index in [1.54, 1.807) is 36.8 Å². The van der Waals surface area contributed by atoms with Crippen LogP contribution in [0.2, 0.25) is 36.3 Å². The first kappa shape index (κ1) is 68.8. The summed E-state index contributed by atoms with van der Waals surface area (Å²) in [6.07, 6.45) is -3.03. The first-order valence-corrected chi connectivity index (χ1v) is 37.9. The third-order valence-electron chi connectivity index (χ3n) is 15.4. The SMILES string of the molecule is CC(C)C(=O)Nc1nc2c(ncn2[C@@H]2O[C@H](COP(=S)(N[C@H]3C(O[Si](C)(C)C(C)(C)C)[C@H](n4cnc5c(=O)[nH]c(NC(=O)C(C)C)nc54)O[C@@H]3COP(OCCC#N)N(C(C)C)C(C)C)OCCC#N)[C@@H](N)C2O[Si](C)(C)C(C)(C)C)c(=O)[nH]1. The molecule has 466 valence electrons. The van der Waals surface area contributed by atoms with Gasteiger partial charge in [0.25, 0.3) is 26.3 Å². The largest absolute Gasteiger partial charge is 0.408 e. The van der Waals surface area contributed by atoms with Gasteiger partial charge < -0.3 is 42.2 Å². The van der Waals surface area contributed by atoms with E-state index in [9.17, 15) is 29.7 Å². The van der Waals surface area contributed by atoms with Crippen LogP contribution in [-0.2, 0) is 57.8 Å². The molecule has 0 spiro atoms. The van der Waals surface area contributed by atoms with Crippen molar-refractivity contribution >= 4 is 89.6 Å². The number of imidazole rings is 2. The van der Waals surface area contributed by atoms with Crippen molar-refractivity contribution in [3.05, 3.63) is 33.4 Å². The maximum Gasteiger partial charge on any atom is 0.280 e. The molecule has 84 heavy (non-hydrogen) atoms. The minimum Gasteiger partial charge on any atom is -0.408 e. The second-order valence-electron chi connectivity index (χ2n) is 25.2. The van der Waals surface area contributed by atoms with E-state index in [2.05, 4.69) is 125 Å². The molecule has 0 bridgehead atoms. The van der Waals surface area contributed by atoms with Crippen LogP contribution in [0.5, 0.6) is 0 Å². The maximum absolute atomic E-state index is 13.7. The molecule has 2 aliphatic rings. The molecule has 2 saturated heterocycles.